The van der Waals surface area contributed by atoms with Crippen LogP contribution < -0.4 is 10.1 Å². The number of pyridine rings is 1. The molecule has 0 unspecified atom stereocenters. The lowest BCUT2D eigenvalue weighted by molar-refractivity contribution is -0.128. The molecule has 0 aliphatic carbocycles. The number of aromatic nitrogens is 1. The summed E-state index contributed by atoms with van der Waals surface area (Å²) in [5, 5.41) is 3.18. The van der Waals surface area contributed by atoms with E-state index in [0.717, 1.165) is 24.1 Å². The number of nitrogens with zero attached hydrogens (tertiary/aromatic N) is 2. The Hall–Kier alpha value is -2.60. The summed E-state index contributed by atoms with van der Waals surface area (Å²) in [5.74, 6) is 0.260. The minimum absolute atomic E-state index is 0.0483. The maximum absolute atomic E-state index is 12.4. The monoisotopic (exact) mass is 401 g/mol. The molecule has 1 aromatic heterocycles. The van der Waals surface area contributed by atoms with Crippen LogP contribution in [0.4, 0.5) is 0 Å². The molecule has 6 nitrogen and oxygen atoms in total. The average molecular weight is 402 g/mol. The van der Waals surface area contributed by atoms with Crippen molar-refractivity contribution in [3.8, 4) is 5.88 Å². The lowest BCUT2D eigenvalue weighted by Crippen LogP contribution is -2.24. The molecule has 2 amide bonds. The Morgan fingerprint density at radius 2 is 2.11 bits per heavy atom. The van der Waals surface area contributed by atoms with E-state index in [2.05, 4.69) is 10.3 Å². The van der Waals surface area contributed by atoms with Crippen LogP contribution in [0.1, 0.15) is 48.2 Å². The van der Waals surface area contributed by atoms with Crippen molar-refractivity contribution >= 4 is 23.4 Å². The summed E-state index contributed by atoms with van der Waals surface area (Å²) in [6.07, 6.45) is 2.96. The highest BCUT2D eigenvalue weighted by Gasteiger charge is 2.20. The largest absolute Gasteiger partial charge is 0.474 e. The first kappa shape index (κ1) is 20.1. The fourth-order valence-corrected chi connectivity index (χ4v) is 3.28. The van der Waals surface area contributed by atoms with E-state index in [0.29, 0.717) is 36.0 Å². The average Bonchev–Trinajstić information content (AvgIpc) is 3.06. The van der Waals surface area contributed by atoms with Gasteiger partial charge in [-0.3, -0.25) is 9.59 Å². The summed E-state index contributed by atoms with van der Waals surface area (Å²) in [6, 6.07) is 9.44. The van der Waals surface area contributed by atoms with E-state index in [-0.39, 0.29) is 17.9 Å². The normalized spacial score (nSPS) is 13.9. The predicted octanol–water partition coefficient (Wildman–Crippen LogP) is 3.57. The van der Waals surface area contributed by atoms with Gasteiger partial charge in [0, 0.05) is 32.3 Å². The van der Waals surface area contributed by atoms with Gasteiger partial charge in [0.2, 0.25) is 11.8 Å². The summed E-state index contributed by atoms with van der Waals surface area (Å²) >= 11 is 6.15. The first-order valence-corrected chi connectivity index (χ1v) is 9.76. The number of amides is 2. The Kier molecular flexibility index (Phi) is 6.52. The molecule has 28 heavy (non-hydrogen) atoms. The van der Waals surface area contributed by atoms with Gasteiger partial charge in [-0.25, -0.2) is 4.98 Å². The second-order valence-corrected chi connectivity index (χ2v) is 7.51. The van der Waals surface area contributed by atoms with Crippen molar-refractivity contribution in [2.75, 3.05) is 6.54 Å². The first-order chi connectivity index (χ1) is 13.4. The second-order valence-electron chi connectivity index (χ2n) is 7.10. The van der Waals surface area contributed by atoms with E-state index >= 15 is 0 Å². The number of likely N-dealkylation sites (tertiary alicyclic amines) is 1. The van der Waals surface area contributed by atoms with Crippen molar-refractivity contribution in [2.45, 2.75) is 45.9 Å². The second kappa shape index (κ2) is 9.06. The van der Waals surface area contributed by atoms with Crippen molar-refractivity contribution < 1.29 is 14.3 Å². The summed E-state index contributed by atoms with van der Waals surface area (Å²) in [5.41, 5.74) is 2.40. The van der Waals surface area contributed by atoms with Crippen LogP contribution in [0.25, 0.3) is 0 Å². The van der Waals surface area contributed by atoms with Crippen LogP contribution in [0.15, 0.2) is 36.5 Å². The standard InChI is InChI=1S/C21H24ClN3O3/c1-14(2)28-21-18(22)10-17(12-24-21)20(27)23-11-15-5-3-6-16(9-15)13-25-8-4-7-19(25)26/h3,5-6,9-10,12,14H,4,7-8,11,13H2,1-2H3,(H,23,27). The third kappa shape index (κ3) is 5.23. The molecular formula is C21H24ClN3O3. The van der Waals surface area contributed by atoms with Crippen molar-refractivity contribution in [2.24, 2.45) is 0 Å². The molecule has 0 bridgehead atoms. The highest BCUT2D eigenvalue weighted by molar-refractivity contribution is 6.32. The number of ether oxygens (including phenoxy) is 1. The number of hydrogen-bond acceptors (Lipinski definition) is 4. The molecule has 0 atom stereocenters. The molecular weight excluding hydrogens is 378 g/mol. The zero-order valence-corrected chi connectivity index (χ0v) is 16.8. The molecule has 1 fully saturated rings. The highest BCUT2D eigenvalue weighted by Crippen LogP contribution is 2.23. The lowest BCUT2D eigenvalue weighted by Gasteiger charge is -2.16. The summed E-state index contributed by atoms with van der Waals surface area (Å²) in [4.78, 5) is 30.2. The molecule has 148 valence electrons. The molecule has 1 aromatic carbocycles. The van der Waals surface area contributed by atoms with Crippen LogP contribution in [0, 0.1) is 0 Å². The van der Waals surface area contributed by atoms with Gasteiger partial charge < -0.3 is 15.0 Å². The van der Waals surface area contributed by atoms with Crippen LogP contribution in [0.3, 0.4) is 0 Å². The number of nitrogens with one attached hydrogen (secondary N) is 1. The van der Waals surface area contributed by atoms with Gasteiger partial charge in [0.05, 0.1) is 11.7 Å². The van der Waals surface area contributed by atoms with Crippen LogP contribution in [0.2, 0.25) is 5.02 Å². The molecule has 0 saturated carbocycles. The molecule has 0 radical (unpaired) electrons. The van der Waals surface area contributed by atoms with E-state index in [9.17, 15) is 9.59 Å². The van der Waals surface area contributed by atoms with Gasteiger partial charge in [0.15, 0.2) is 0 Å². The first-order valence-electron chi connectivity index (χ1n) is 9.38. The molecule has 1 N–H and O–H groups in total. The van der Waals surface area contributed by atoms with Gasteiger partial charge in [0.25, 0.3) is 5.91 Å². The van der Waals surface area contributed by atoms with E-state index in [4.69, 9.17) is 16.3 Å². The van der Waals surface area contributed by atoms with Crippen molar-refractivity contribution in [3.05, 3.63) is 58.2 Å². The number of hydrogen-bond donors (Lipinski definition) is 1. The topological polar surface area (TPSA) is 71.5 Å². The van der Waals surface area contributed by atoms with Crippen LogP contribution in [-0.2, 0) is 17.9 Å². The van der Waals surface area contributed by atoms with E-state index in [1.165, 1.54) is 6.20 Å². The summed E-state index contributed by atoms with van der Waals surface area (Å²) in [6.45, 7) is 5.56. The SMILES string of the molecule is CC(C)Oc1ncc(C(=O)NCc2cccc(CN3CCCC3=O)c2)cc1Cl. The van der Waals surface area contributed by atoms with Gasteiger partial charge in [-0.15, -0.1) is 0 Å². The Morgan fingerprint density at radius 1 is 1.32 bits per heavy atom. The fraction of sp³-hybridized carbons (Fsp3) is 0.381. The van der Waals surface area contributed by atoms with E-state index in [1.54, 1.807) is 6.07 Å². The van der Waals surface area contributed by atoms with Gasteiger partial charge in [-0.2, -0.15) is 0 Å². The van der Waals surface area contributed by atoms with Crippen LogP contribution in [0.5, 0.6) is 5.88 Å². The van der Waals surface area contributed by atoms with E-state index < -0.39 is 0 Å². The third-order valence-corrected chi connectivity index (χ3v) is 4.68. The molecule has 1 aliphatic rings. The summed E-state index contributed by atoms with van der Waals surface area (Å²) < 4.78 is 5.48. The third-order valence-electron chi connectivity index (χ3n) is 4.41. The quantitative estimate of drug-likeness (QED) is 0.769. The maximum atomic E-state index is 12.4. The van der Waals surface area contributed by atoms with Crippen LogP contribution >= 0.6 is 11.6 Å². The fourth-order valence-electron chi connectivity index (χ4n) is 3.07. The molecule has 1 saturated heterocycles. The smallest absolute Gasteiger partial charge is 0.253 e. The Labute approximate surface area is 169 Å². The van der Waals surface area contributed by atoms with Crippen molar-refractivity contribution in [1.29, 1.82) is 0 Å². The van der Waals surface area contributed by atoms with Crippen molar-refractivity contribution in [3.63, 3.8) is 0 Å². The zero-order valence-electron chi connectivity index (χ0n) is 16.1. The number of carbonyl (C=O) groups excluding carboxylic acids is 2. The number of halogens is 1. The Morgan fingerprint density at radius 3 is 2.79 bits per heavy atom. The van der Waals surface area contributed by atoms with Gasteiger partial charge in [-0.1, -0.05) is 35.9 Å². The molecule has 2 heterocycles. The van der Waals surface area contributed by atoms with Gasteiger partial charge in [-0.05, 0) is 37.5 Å². The number of carbonyl (C=O) groups is 2. The van der Waals surface area contributed by atoms with Gasteiger partial charge >= 0.3 is 0 Å². The summed E-state index contributed by atoms with van der Waals surface area (Å²) in [7, 11) is 0. The number of rotatable bonds is 7. The molecule has 0 spiro atoms. The minimum atomic E-state index is -0.259. The molecule has 7 heteroatoms. The van der Waals surface area contributed by atoms with E-state index in [1.807, 2.05) is 43.0 Å². The Balaban J connectivity index is 1.59. The Bertz CT molecular complexity index is 870. The maximum Gasteiger partial charge on any atom is 0.253 e. The van der Waals surface area contributed by atoms with Gasteiger partial charge in [0.1, 0.15) is 5.02 Å². The van der Waals surface area contributed by atoms with Crippen LogP contribution in [-0.4, -0.2) is 34.3 Å². The predicted molar refractivity (Wildman–Crippen MR) is 107 cm³/mol. The molecule has 1 aliphatic heterocycles. The molecule has 3 rings (SSSR count). The zero-order chi connectivity index (χ0) is 20.1. The van der Waals surface area contributed by atoms with Crippen molar-refractivity contribution in [1.82, 2.24) is 15.2 Å². The minimum Gasteiger partial charge on any atom is -0.474 e. The number of benzene rings is 1. The molecule has 2 aromatic rings. The lowest BCUT2D eigenvalue weighted by atomic mass is 10.1. The highest BCUT2D eigenvalue weighted by atomic mass is 35.5.